The van der Waals surface area contributed by atoms with Crippen LogP contribution in [0.5, 0.6) is 0 Å². The van der Waals surface area contributed by atoms with Gasteiger partial charge in [-0.1, -0.05) is 36.8 Å². The van der Waals surface area contributed by atoms with Crippen molar-refractivity contribution in [3.63, 3.8) is 0 Å². The molecular formula is C28H37F2N2O2P. The highest BCUT2D eigenvalue weighted by Gasteiger charge is 2.46. The first kappa shape index (κ1) is 26.0. The van der Waals surface area contributed by atoms with Crippen molar-refractivity contribution in [3.05, 3.63) is 70.6 Å². The topological polar surface area (TPSA) is 32.8 Å². The van der Waals surface area contributed by atoms with Crippen LogP contribution in [0.4, 0.5) is 13.6 Å². The van der Waals surface area contributed by atoms with Crippen molar-refractivity contribution in [2.75, 3.05) is 32.7 Å². The van der Waals surface area contributed by atoms with Gasteiger partial charge >= 0.3 is 6.09 Å². The largest absolute Gasteiger partial charge is 0.441 e. The third kappa shape index (κ3) is 6.21. The summed E-state index contributed by atoms with van der Waals surface area (Å²) in [6.45, 7) is 7.26. The fourth-order valence-corrected chi connectivity index (χ4v) is 5.79. The third-order valence-electron chi connectivity index (χ3n) is 7.42. The summed E-state index contributed by atoms with van der Waals surface area (Å²) in [4.78, 5) is 16.4. The second-order valence-electron chi connectivity index (χ2n) is 9.97. The smallest absolute Gasteiger partial charge is 0.410 e. The lowest BCUT2D eigenvalue weighted by Gasteiger charge is -2.38. The number of halogens is 2. The highest BCUT2D eigenvalue weighted by atomic mass is 31.0. The van der Waals surface area contributed by atoms with Gasteiger partial charge in [-0.3, -0.25) is 4.90 Å². The van der Waals surface area contributed by atoms with E-state index >= 15 is 0 Å². The predicted molar refractivity (Wildman–Crippen MR) is 140 cm³/mol. The average molecular weight is 503 g/mol. The lowest BCUT2D eigenvalue weighted by molar-refractivity contribution is 0.00293. The zero-order valence-corrected chi connectivity index (χ0v) is 21.7. The Labute approximate surface area is 210 Å². The molecule has 0 saturated carbocycles. The molecule has 1 atom stereocenters. The van der Waals surface area contributed by atoms with Crippen molar-refractivity contribution in [3.8, 4) is 0 Å². The SMILES string of the molecule is C=CCN1CC2(CCN(CC3=C/CCCCC/C=C\3C3=C(P)/C(F)=C(/F)CC/C=C\3)CC2)OC1=O. The number of hydrogen-bond donors (Lipinski definition) is 0. The molecule has 0 aromatic carbocycles. The van der Waals surface area contributed by atoms with Crippen LogP contribution in [0, 0.1) is 0 Å². The fourth-order valence-electron chi connectivity index (χ4n) is 5.38. The van der Waals surface area contributed by atoms with E-state index in [0.717, 1.165) is 75.7 Å². The molecule has 7 heteroatoms. The van der Waals surface area contributed by atoms with Gasteiger partial charge in [0.05, 0.1) is 6.54 Å². The normalized spacial score (nSPS) is 32.3. The maximum atomic E-state index is 14.8. The fraction of sp³-hybridized carbons (Fsp3) is 0.536. The number of likely N-dealkylation sites (tertiary alicyclic amines) is 1. The number of allylic oxidation sites excluding steroid dienone is 8. The lowest BCUT2D eigenvalue weighted by atomic mass is 9.89. The molecule has 2 aliphatic heterocycles. The van der Waals surface area contributed by atoms with Gasteiger partial charge in [-0.2, -0.15) is 0 Å². The van der Waals surface area contributed by atoms with Crippen LogP contribution in [0.3, 0.4) is 0 Å². The first-order chi connectivity index (χ1) is 16.9. The van der Waals surface area contributed by atoms with E-state index < -0.39 is 17.3 Å². The Balaban J connectivity index is 1.54. The second-order valence-corrected chi connectivity index (χ2v) is 10.5. The summed E-state index contributed by atoms with van der Waals surface area (Å²) >= 11 is 0. The molecule has 0 aromatic heterocycles. The number of nitrogens with zero attached hydrogens (tertiary/aromatic N) is 2. The molecule has 4 nitrogen and oxygen atoms in total. The minimum atomic E-state index is -0.749. The standard InChI is InChI=1S/C28H37F2N2O2P/c1-2-16-32-20-28(34-27(32)33)14-17-31(18-15-28)19-21-10-6-4-3-5-7-11-22(21)23-12-8-9-13-24(29)25(30)26(23)35/h2,8,10-12H,1,3-7,9,13-20,35H2/b12-8-,21-10-,22-11+,25-24-,26-23-. The van der Waals surface area contributed by atoms with Crippen LogP contribution in [-0.4, -0.2) is 54.2 Å². The first-order valence-corrected chi connectivity index (χ1v) is 13.4. The highest BCUT2D eigenvalue weighted by molar-refractivity contribution is 7.23. The van der Waals surface area contributed by atoms with Crippen LogP contribution in [0.15, 0.2) is 70.6 Å². The monoisotopic (exact) mass is 502 g/mol. The molecule has 35 heavy (non-hydrogen) atoms. The molecule has 1 unspecified atom stereocenters. The molecular weight excluding hydrogens is 465 g/mol. The van der Waals surface area contributed by atoms with Crippen molar-refractivity contribution < 1.29 is 18.3 Å². The summed E-state index contributed by atoms with van der Waals surface area (Å²) in [5.41, 5.74) is 2.54. The summed E-state index contributed by atoms with van der Waals surface area (Å²) in [6.07, 6.45) is 17.4. The average Bonchev–Trinajstić information content (AvgIpc) is 3.20. The second kappa shape index (κ2) is 11.8. The quantitative estimate of drug-likeness (QED) is 0.303. The van der Waals surface area contributed by atoms with Gasteiger partial charge in [-0.05, 0) is 48.8 Å². The molecule has 1 spiro atoms. The van der Waals surface area contributed by atoms with Gasteiger partial charge in [0.2, 0.25) is 0 Å². The van der Waals surface area contributed by atoms with E-state index in [-0.39, 0.29) is 12.5 Å². The summed E-state index contributed by atoms with van der Waals surface area (Å²) in [5, 5.41) is 0.299. The van der Waals surface area contributed by atoms with Crippen LogP contribution in [0.25, 0.3) is 0 Å². The van der Waals surface area contributed by atoms with Gasteiger partial charge in [0.25, 0.3) is 0 Å². The number of amides is 1. The number of ether oxygens (including phenoxy) is 1. The molecule has 190 valence electrons. The van der Waals surface area contributed by atoms with Crippen LogP contribution < -0.4 is 0 Å². The predicted octanol–water partition coefficient (Wildman–Crippen LogP) is 6.91. The Morgan fingerprint density at radius 3 is 2.60 bits per heavy atom. The Kier molecular flexibility index (Phi) is 8.77. The minimum absolute atomic E-state index is 0.0968. The molecule has 0 aromatic rings. The van der Waals surface area contributed by atoms with Crippen molar-refractivity contribution in [1.82, 2.24) is 9.80 Å². The van der Waals surface area contributed by atoms with Gasteiger partial charge in [-0.15, -0.1) is 15.8 Å². The summed E-state index contributed by atoms with van der Waals surface area (Å²) in [5.74, 6) is -1.43. The molecule has 4 aliphatic rings. The van der Waals surface area contributed by atoms with E-state index in [9.17, 15) is 13.6 Å². The van der Waals surface area contributed by atoms with E-state index in [1.54, 1.807) is 11.0 Å². The lowest BCUT2D eigenvalue weighted by Crippen LogP contribution is -2.47. The van der Waals surface area contributed by atoms with Crippen LogP contribution in [0.1, 0.15) is 57.8 Å². The maximum absolute atomic E-state index is 14.8. The van der Waals surface area contributed by atoms with E-state index in [2.05, 4.69) is 32.9 Å². The molecule has 2 heterocycles. The van der Waals surface area contributed by atoms with Crippen molar-refractivity contribution in [2.45, 2.75) is 63.4 Å². The van der Waals surface area contributed by atoms with E-state index in [1.807, 2.05) is 12.2 Å². The molecule has 1 amide bonds. The van der Waals surface area contributed by atoms with Gasteiger partial charge in [-0.25, -0.2) is 13.6 Å². The number of carbonyl (C=O) groups is 1. The molecule has 2 fully saturated rings. The number of carbonyl (C=O) groups excluding carboxylic acids is 1. The zero-order chi connectivity index (χ0) is 24.8. The molecule has 4 rings (SSSR count). The molecule has 0 radical (unpaired) electrons. The van der Waals surface area contributed by atoms with Crippen LogP contribution >= 0.6 is 9.24 Å². The third-order valence-corrected chi connectivity index (χ3v) is 7.98. The molecule has 0 bridgehead atoms. The van der Waals surface area contributed by atoms with Gasteiger partial charge in [0, 0.05) is 50.8 Å². The Bertz CT molecular complexity index is 987. The van der Waals surface area contributed by atoms with Gasteiger partial charge < -0.3 is 9.64 Å². The van der Waals surface area contributed by atoms with E-state index in [0.29, 0.717) is 24.8 Å². The Morgan fingerprint density at radius 2 is 1.86 bits per heavy atom. The zero-order valence-electron chi connectivity index (χ0n) is 20.5. The minimum Gasteiger partial charge on any atom is -0.441 e. The molecule has 2 aliphatic carbocycles. The summed E-state index contributed by atoms with van der Waals surface area (Å²) in [7, 11) is 2.44. The van der Waals surface area contributed by atoms with Crippen molar-refractivity contribution in [2.24, 2.45) is 0 Å². The van der Waals surface area contributed by atoms with Crippen molar-refractivity contribution in [1.29, 1.82) is 0 Å². The molecule has 0 N–H and O–H groups in total. The summed E-state index contributed by atoms with van der Waals surface area (Å²) in [6, 6.07) is 0. The highest BCUT2D eigenvalue weighted by Crippen LogP contribution is 2.38. The number of rotatable bonds is 5. The van der Waals surface area contributed by atoms with Crippen molar-refractivity contribution >= 4 is 15.3 Å². The number of piperidine rings is 1. The first-order valence-electron chi connectivity index (χ1n) is 12.8. The maximum Gasteiger partial charge on any atom is 0.410 e. The Morgan fingerprint density at radius 1 is 1.11 bits per heavy atom. The van der Waals surface area contributed by atoms with Crippen LogP contribution in [0.2, 0.25) is 0 Å². The van der Waals surface area contributed by atoms with E-state index in [1.165, 1.54) is 5.57 Å². The summed E-state index contributed by atoms with van der Waals surface area (Å²) < 4.78 is 34.9. The Hall–Kier alpha value is -2.04. The van der Waals surface area contributed by atoms with E-state index in [4.69, 9.17) is 4.74 Å². The van der Waals surface area contributed by atoms with Crippen LogP contribution in [-0.2, 0) is 4.74 Å². The molecule has 2 saturated heterocycles. The van der Waals surface area contributed by atoms with Gasteiger partial charge in [0.1, 0.15) is 11.4 Å². The number of hydrogen-bond acceptors (Lipinski definition) is 3. The van der Waals surface area contributed by atoms with Gasteiger partial charge in [0.15, 0.2) is 5.83 Å².